The van der Waals surface area contributed by atoms with Crippen LogP contribution in [0.3, 0.4) is 0 Å². The summed E-state index contributed by atoms with van der Waals surface area (Å²) >= 11 is 1.33. The molecular formula is C26H27N3O5S. The van der Waals surface area contributed by atoms with Gasteiger partial charge in [-0.1, -0.05) is 48.5 Å². The molecule has 182 valence electrons. The number of hydrogen-bond donors (Lipinski definition) is 1. The van der Waals surface area contributed by atoms with Crippen molar-refractivity contribution in [1.82, 2.24) is 5.32 Å². The minimum absolute atomic E-state index is 0.162. The standard InChI is InChI=1S/C26H27N3O5S/c1-25(2,3)34-24(31)27-22(20-13-14-35-17-20)26(29(32)33)15-19-11-7-8-12-21(19)28(23(26)30)16-18-9-5-4-6-10-18/h4-14,17,22H,15-16H2,1-3H3,(H,27,31)/t22-,26-/m0/s1. The predicted octanol–water partition coefficient (Wildman–Crippen LogP) is 5.12. The van der Waals surface area contributed by atoms with Gasteiger partial charge in [0.1, 0.15) is 11.6 Å². The molecule has 0 fully saturated rings. The number of alkyl carbamates (subject to hydrolysis) is 1. The van der Waals surface area contributed by atoms with Crippen LogP contribution < -0.4 is 10.2 Å². The second-order valence-electron chi connectivity index (χ2n) is 9.50. The minimum atomic E-state index is -2.17. The molecule has 1 aliphatic rings. The summed E-state index contributed by atoms with van der Waals surface area (Å²) in [6.45, 7) is 5.28. The number of rotatable bonds is 6. The summed E-state index contributed by atoms with van der Waals surface area (Å²) in [4.78, 5) is 40.7. The van der Waals surface area contributed by atoms with Crippen LogP contribution in [0.4, 0.5) is 10.5 Å². The fraction of sp³-hybridized carbons (Fsp3) is 0.308. The number of nitrogens with zero attached hydrogens (tertiary/aromatic N) is 2. The molecule has 2 heterocycles. The van der Waals surface area contributed by atoms with Crippen molar-refractivity contribution in [3.63, 3.8) is 0 Å². The summed E-state index contributed by atoms with van der Waals surface area (Å²) in [5.74, 6) is -0.683. The van der Waals surface area contributed by atoms with Gasteiger partial charge in [0.05, 0.1) is 13.0 Å². The van der Waals surface area contributed by atoms with Gasteiger partial charge in [-0.3, -0.25) is 14.9 Å². The van der Waals surface area contributed by atoms with Crippen LogP contribution >= 0.6 is 11.3 Å². The van der Waals surface area contributed by atoms with Gasteiger partial charge in [-0.2, -0.15) is 11.3 Å². The molecular weight excluding hydrogens is 466 g/mol. The van der Waals surface area contributed by atoms with Gasteiger partial charge in [-0.05, 0) is 60.4 Å². The van der Waals surface area contributed by atoms with Gasteiger partial charge in [0.2, 0.25) is 0 Å². The van der Waals surface area contributed by atoms with Crippen molar-refractivity contribution in [2.75, 3.05) is 4.90 Å². The molecule has 8 nitrogen and oxygen atoms in total. The van der Waals surface area contributed by atoms with Gasteiger partial charge in [-0.25, -0.2) is 4.79 Å². The molecule has 1 N–H and O–H groups in total. The zero-order chi connectivity index (χ0) is 25.2. The lowest BCUT2D eigenvalue weighted by Crippen LogP contribution is -2.64. The van der Waals surface area contributed by atoms with Crippen molar-refractivity contribution >= 4 is 29.0 Å². The summed E-state index contributed by atoms with van der Waals surface area (Å²) in [5, 5.41) is 19.0. The van der Waals surface area contributed by atoms with Crippen LogP contribution in [-0.4, -0.2) is 28.1 Å². The van der Waals surface area contributed by atoms with E-state index in [4.69, 9.17) is 4.74 Å². The first-order chi connectivity index (χ1) is 16.6. The van der Waals surface area contributed by atoms with Crippen LogP contribution in [0.5, 0.6) is 0 Å². The van der Waals surface area contributed by atoms with Crippen molar-refractivity contribution in [1.29, 1.82) is 0 Å². The number of hydrogen-bond acceptors (Lipinski definition) is 6. The highest BCUT2D eigenvalue weighted by molar-refractivity contribution is 7.08. The second kappa shape index (κ2) is 9.50. The number of nitro groups is 1. The molecule has 0 unspecified atom stereocenters. The highest BCUT2D eigenvalue weighted by Crippen LogP contribution is 2.42. The molecule has 35 heavy (non-hydrogen) atoms. The van der Waals surface area contributed by atoms with E-state index in [1.165, 1.54) is 16.2 Å². The largest absolute Gasteiger partial charge is 0.444 e. The molecule has 4 rings (SSSR count). The maximum atomic E-state index is 14.2. The average molecular weight is 494 g/mol. The first kappa shape index (κ1) is 24.4. The zero-order valence-electron chi connectivity index (χ0n) is 19.8. The van der Waals surface area contributed by atoms with Crippen molar-refractivity contribution in [2.45, 2.75) is 50.9 Å². The number of amides is 2. The normalized spacial score (nSPS) is 18.5. The Hall–Kier alpha value is -3.72. The maximum absolute atomic E-state index is 14.2. The Morgan fingerprint density at radius 1 is 1.17 bits per heavy atom. The van der Waals surface area contributed by atoms with E-state index in [1.54, 1.807) is 61.9 Å². The molecule has 0 radical (unpaired) electrons. The average Bonchev–Trinajstić information content (AvgIpc) is 3.33. The van der Waals surface area contributed by atoms with E-state index in [-0.39, 0.29) is 13.0 Å². The van der Waals surface area contributed by atoms with Gasteiger partial charge in [0.25, 0.3) is 0 Å². The Balaban J connectivity index is 1.84. The number of carbonyl (C=O) groups excluding carboxylic acids is 2. The first-order valence-electron chi connectivity index (χ1n) is 11.2. The van der Waals surface area contributed by atoms with Crippen molar-refractivity contribution < 1.29 is 19.2 Å². The molecule has 0 aliphatic carbocycles. The van der Waals surface area contributed by atoms with E-state index in [1.807, 2.05) is 30.3 Å². The van der Waals surface area contributed by atoms with E-state index in [9.17, 15) is 19.7 Å². The lowest BCUT2D eigenvalue weighted by Gasteiger charge is -2.40. The van der Waals surface area contributed by atoms with E-state index in [0.717, 1.165) is 5.56 Å². The number of fused-ring (bicyclic) bond motifs is 1. The quantitative estimate of drug-likeness (QED) is 0.379. The Kier molecular flexibility index (Phi) is 6.62. The summed E-state index contributed by atoms with van der Waals surface area (Å²) in [5.41, 5.74) is -0.382. The fourth-order valence-corrected chi connectivity index (χ4v) is 5.06. The molecule has 0 saturated heterocycles. The molecule has 2 aromatic carbocycles. The molecule has 0 spiro atoms. The molecule has 2 amide bonds. The van der Waals surface area contributed by atoms with E-state index >= 15 is 0 Å². The molecule has 0 bridgehead atoms. The molecule has 0 saturated carbocycles. The van der Waals surface area contributed by atoms with Gasteiger partial charge < -0.3 is 15.0 Å². The monoisotopic (exact) mass is 493 g/mol. The fourth-order valence-electron chi connectivity index (χ4n) is 4.37. The highest BCUT2D eigenvalue weighted by Gasteiger charge is 2.63. The van der Waals surface area contributed by atoms with Gasteiger partial charge >= 0.3 is 17.5 Å². The topological polar surface area (TPSA) is 102 Å². The summed E-state index contributed by atoms with van der Waals surface area (Å²) in [6, 6.07) is 16.9. The second-order valence-corrected chi connectivity index (χ2v) is 10.3. The van der Waals surface area contributed by atoms with Crippen LogP contribution in [-0.2, 0) is 22.5 Å². The third-order valence-electron chi connectivity index (χ3n) is 5.88. The number of nitrogens with one attached hydrogen (secondary N) is 1. The predicted molar refractivity (Wildman–Crippen MR) is 134 cm³/mol. The van der Waals surface area contributed by atoms with Crippen molar-refractivity contribution in [3.8, 4) is 0 Å². The van der Waals surface area contributed by atoms with Crippen LogP contribution in [0.2, 0.25) is 0 Å². The Morgan fingerprint density at radius 2 is 1.86 bits per heavy atom. The number of thiophene rings is 1. The smallest absolute Gasteiger partial charge is 0.408 e. The molecule has 1 aromatic heterocycles. The van der Waals surface area contributed by atoms with Gasteiger partial charge in [0.15, 0.2) is 0 Å². The van der Waals surface area contributed by atoms with Crippen molar-refractivity contribution in [3.05, 3.63) is 98.2 Å². The number of para-hydroxylation sites is 1. The van der Waals surface area contributed by atoms with E-state index < -0.39 is 34.1 Å². The third-order valence-corrected chi connectivity index (χ3v) is 6.58. The Morgan fingerprint density at radius 3 is 2.49 bits per heavy atom. The summed E-state index contributed by atoms with van der Waals surface area (Å²) in [6.07, 6.45) is -0.993. The molecule has 1 aliphatic heterocycles. The Labute approximate surface area is 207 Å². The van der Waals surface area contributed by atoms with Crippen LogP contribution in [0.15, 0.2) is 71.4 Å². The molecule has 9 heteroatoms. The molecule has 2 atom stereocenters. The molecule has 3 aromatic rings. The van der Waals surface area contributed by atoms with Gasteiger partial charge in [-0.15, -0.1) is 0 Å². The van der Waals surface area contributed by atoms with Crippen molar-refractivity contribution in [2.24, 2.45) is 0 Å². The number of anilines is 1. The number of benzene rings is 2. The lowest BCUT2D eigenvalue weighted by molar-refractivity contribution is -0.558. The van der Waals surface area contributed by atoms with E-state index in [0.29, 0.717) is 16.8 Å². The van der Waals surface area contributed by atoms with Crippen LogP contribution in [0.25, 0.3) is 0 Å². The van der Waals surface area contributed by atoms with E-state index in [2.05, 4.69) is 5.32 Å². The highest BCUT2D eigenvalue weighted by atomic mass is 32.1. The third kappa shape index (κ3) is 4.90. The Bertz CT molecular complexity index is 1220. The lowest BCUT2D eigenvalue weighted by atomic mass is 9.77. The van der Waals surface area contributed by atoms with Crippen LogP contribution in [0, 0.1) is 10.1 Å². The first-order valence-corrected chi connectivity index (χ1v) is 12.2. The number of ether oxygens (including phenoxy) is 1. The minimum Gasteiger partial charge on any atom is -0.444 e. The summed E-state index contributed by atoms with van der Waals surface area (Å²) in [7, 11) is 0. The summed E-state index contributed by atoms with van der Waals surface area (Å²) < 4.78 is 5.41. The zero-order valence-corrected chi connectivity index (χ0v) is 20.6. The maximum Gasteiger partial charge on any atom is 0.408 e. The van der Waals surface area contributed by atoms with Crippen LogP contribution in [0.1, 0.15) is 43.5 Å². The number of carbonyl (C=O) groups is 2. The SMILES string of the molecule is CC(C)(C)OC(=O)N[C@@H](c1ccsc1)[C@@]1([N+](=O)[O-])Cc2ccccc2N(Cc2ccccc2)C1=O. The van der Waals surface area contributed by atoms with Gasteiger partial charge in [0, 0.05) is 10.6 Å².